The van der Waals surface area contributed by atoms with Crippen LogP contribution in [-0.4, -0.2) is 96.7 Å². The summed E-state index contributed by atoms with van der Waals surface area (Å²) in [5.74, 6) is 0.966. The van der Waals surface area contributed by atoms with E-state index < -0.39 is 97.5 Å². The number of esters is 4. The molecule has 0 fully saturated rings. The predicted octanol–water partition coefficient (Wildman–Crippen LogP) is 23.2. The Kier molecular flexibility index (Phi) is 66.8. The number of aliphatic hydroxyl groups is 1. The van der Waals surface area contributed by atoms with Crippen molar-refractivity contribution in [2.45, 2.75) is 420 Å². The fraction of sp³-hybridized carbons (Fsp3) is 0.949. The van der Waals surface area contributed by atoms with E-state index in [9.17, 15) is 43.2 Å². The first-order chi connectivity index (χ1) is 47.1. The van der Waals surface area contributed by atoms with Crippen LogP contribution in [0, 0.1) is 23.7 Å². The van der Waals surface area contributed by atoms with Crippen molar-refractivity contribution >= 4 is 39.5 Å². The molecule has 0 radical (unpaired) electrons. The van der Waals surface area contributed by atoms with Crippen LogP contribution in [0.2, 0.25) is 0 Å². The molecular weight excluding hydrogens is 1280 g/mol. The second kappa shape index (κ2) is 68.2. The fourth-order valence-corrected chi connectivity index (χ4v) is 13.6. The highest BCUT2D eigenvalue weighted by atomic mass is 31.2. The van der Waals surface area contributed by atoms with Gasteiger partial charge in [0, 0.05) is 25.7 Å². The quantitative estimate of drug-likeness (QED) is 0.0222. The summed E-state index contributed by atoms with van der Waals surface area (Å²) in [6.45, 7) is 14.2. The number of phosphoric ester groups is 2. The number of unbranched alkanes of at least 4 members (excludes halogenated alkanes) is 41. The summed E-state index contributed by atoms with van der Waals surface area (Å²) in [5, 5.41) is 10.6. The van der Waals surface area contributed by atoms with Crippen LogP contribution < -0.4 is 0 Å². The maximum absolute atomic E-state index is 13.1. The fourth-order valence-electron chi connectivity index (χ4n) is 12.0. The number of aliphatic hydroxyl groups excluding tert-OH is 1. The molecule has 0 amide bonds. The largest absolute Gasteiger partial charge is 0.472 e. The minimum atomic E-state index is -4.96. The Labute approximate surface area is 600 Å². The monoisotopic (exact) mass is 1440 g/mol. The third-order valence-corrected chi connectivity index (χ3v) is 20.6. The molecule has 3 unspecified atom stereocenters. The lowest BCUT2D eigenvalue weighted by Crippen LogP contribution is -2.30. The van der Waals surface area contributed by atoms with Crippen LogP contribution in [0.4, 0.5) is 0 Å². The molecule has 6 atom stereocenters. The van der Waals surface area contributed by atoms with Gasteiger partial charge in [0.1, 0.15) is 19.3 Å². The minimum absolute atomic E-state index is 0.105. The molecule has 0 aromatic rings. The van der Waals surface area contributed by atoms with E-state index in [1.165, 1.54) is 199 Å². The Bertz CT molecular complexity index is 1920. The van der Waals surface area contributed by atoms with Crippen molar-refractivity contribution in [3.63, 3.8) is 0 Å². The van der Waals surface area contributed by atoms with E-state index in [1.54, 1.807) is 0 Å². The van der Waals surface area contributed by atoms with Gasteiger partial charge in [-0.3, -0.25) is 37.3 Å². The Morgan fingerprint density at radius 1 is 0.286 bits per heavy atom. The van der Waals surface area contributed by atoms with Crippen molar-refractivity contribution in [1.82, 2.24) is 0 Å². The number of rotatable bonds is 76. The first kappa shape index (κ1) is 96.1. The highest BCUT2D eigenvalue weighted by Crippen LogP contribution is 2.45. The molecule has 17 nitrogen and oxygen atoms in total. The van der Waals surface area contributed by atoms with Gasteiger partial charge in [0.25, 0.3) is 0 Å². The first-order valence-electron chi connectivity index (χ1n) is 40.7. The highest BCUT2D eigenvalue weighted by molar-refractivity contribution is 7.47. The van der Waals surface area contributed by atoms with Gasteiger partial charge in [0.15, 0.2) is 12.2 Å². The number of carbonyl (C=O) groups excluding carboxylic acids is 4. The van der Waals surface area contributed by atoms with Gasteiger partial charge in [-0.2, -0.15) is 0 Å². The number of hydrogen-bond acceptors (Lipinski definition) is 15. The third kappa shape index (κ3) is 71.1. The van der Waals surface area contributed by atoms with Crippen molar-refractivity contribution < 1.29 is 80.2 Å². The molecule has 582 valence electrons. The van der Waals surface area contributed by atoms with E-state index >= 15 is 0 Å². The molecule has 98 heavy (non-hydrogen) atoms. The molecule has 0 saturated carbocycles. The zero-order chi connectivity index (χ0) is 72.4. The normalized spacial score (nSPS) is 14.3. The predicted molar refractivity (Wildman–Crippen MR) is 400 cm³/mol. The molecule has 0 aliphatic heterocycles. The van der Waals surface area contributed by atoms with Crippen LogP contribution in [-0.2, 0) is 65.4 Å². The summed E-state index contributed by atoms with van der Waals surface area (Å²) in [6.07, 6.45) is 54.2. The maximum atomic E-state index is 13.1. The van der Waals surface area contributed by atoms with Crippen molar-refractivity contribution in [3.8, 4) is 0 Å². The first-order valence-corrected chi connectivity index (χ1v) is 43.7. The second-order valence-electron chi connectivity index (χ2n) is 30.1. The van der Waals surface area contributed by atoms with Gasteiger partial charge in [-0.05, 0) is 49.4 Å². The summed E-state index contributed by atoms with van der Waals surface area (Å²) in [7, 11) is -9.92. The number of hydrogen-bond donors (Lipinski definition) is 3. The van der Waals surface area contributed by atoms with Crippen molar-refractivity contribution in [2.75, 3.05) is 39.6 Å². The lowest BCUT2D eigenvalue weighted by Gasteiger charge is -2.21. The Balaban J connectivity index is 5.24. The number of phosphoric acid groups is 2. The van der Waals surface area contributed by atoms with Crippen molar-refractivity contribution in [1.29, 1.82) is 0 Å². The third-order valence-electron chi connectivity index (χ3n) is 18.7. The molecule has 0 saturated heterocycles. The molecule has 0 aromatic carbocycles. The lowest BCUT2D eigenvalue weighted by molar-refractivity contribution is -0.161. The Hall–Kier alpha value is -1.94. The van der Waals surface area contributed by atoms with Gasteiger partial charge in [0.05, 0.1) is 26.4 Å². The van der Waals surface area contributed by atoms with Crippen molar-refractivity contribution in [3.05, 3.63) is 0 Å². The van der Waals surface area contributed by atoms with E-state index in [0.717, 1.165) is 114 Å². The van der Waals surface area contributed by atoms with Gasteiger partial charge in [-0.1, -0.05) is 351 Å². The molecule has 0 heterocycles. The molecule has 0 rings (SSSR count). The molecule has 19 heteroatoms. The van der Waals surface area contributed by atoms with Crippen LogP contribution >= 0.6 is 15.6 Å². The van der Waals surface area contributed by atoms with Gasteiger partial charge in [-0.25, -0.2) is 9.13 Å². The molecule has 3 N–H and O–H groups in total. The Morgan fingerprint density at radius 3 is 0.724 bits per heavy atom. The van der Waals surface area contributed by atoms with E-state index in [2.05, 4.69) is 55.4 Å². The van der Waals surface area contributed by atoms with Gasteiger partial charge >= 0.3 is 39.5 Å². The van der Waals surface area contributed by atoms with Crippen LogP contribution in [0.3, 0.4) is 0 Å². The second-order valence-corrected chi connectivity index (χ2v) is 33.0. The molecule has 0 aliphatic carbocycles. The topological polar surface area (TPSA) is 237 Å². The lowest BCUT2D eigenvalue weighted by atomic mass is 9.99. The van der Waals surface area contributed by atoms with Gasteiger partial charge in [-0.15, -0.1) is 0 Å². The molecule has 0 aliphatic rings. The number of carbonyl (C=O) groups is 4. The summed E-state index contributed by atoms with van der Waals surface area (Å²) in [6, 6.07) is 0. The smallest absolute Gasteiger partial charge is 0.462 e. The Morgan fingerprint density at radius 2 is 0.490 bits per heavy atom. The van der Waals surface area contributed by atoms with Gasteiger partial charge in [0.2, 0.25) is 0 Å². The number of ether oxygens (including phenoxy) is 4. The van der Waals surface area contributed by atoms with Crippen LogP contribution in [0.15, 0.2) is 0 Å². The highest BCUT2D eigenvalue weighted by Gasteiger charge is 2.30. The average molecular weight is 1440 g/mol. The van der Waals surface area contributed by atoms with Crippen LogP contribution in [0.1, 0.15) is 402 Å². The zero-order valence-electron chi connectivity index (χ0n) is 64.4. The molecular formula is C79H154O17P2. The average Bonchev–Trinajstić information content (AvgIpc) is 0.989. The van der Waals surface area contributed by atoms with E-state index in [1.807, 2.05) is 0 Å². The molecule has 0 bridgehead atoms. The minimum Gasteiger partial charge on any atom is -0.462 e. The van der Waals surface area contributed by atoms with Gasteiger partial charge < -0.3 is 33.8 Å². The SMILES string of the molecule is CCC(C)CCCCCCCCCCCCC(=O)O[C@H](COC(=O)CCCCCCCCC(C)C)COP(=O)(O)OC[C@H](O)COP(=O)(O)OC[C@@H](COC(=O)CCCCCCCCCCCCCCCCC(C)C)OC(=O)CCCCCCCCCCCCCCCCCC(C)C. The summed E-state index contributed by atoms with van der Waals surface area (Å²) >= 11 is 0. The van der Waals surface area contributed by atoms with Crippen LogP contribution in [0.5, 0.6) is 0 Å². The zero-order valence-corrected chi connectivity index (χ0v) is 66.2. The van der Waals surface area contributed by atoms with E-state index in [0.29, 0.717) is 31.6 Å². The molecule has 0 spiro atoms. The van der Waals surface area contributed by atoms with Crippen LogP contribution in [0.25, 0.3) is 0 Å². The van der Waals surface area contributed by atoms with E-state index in [4.69, 9.17) is 37.0 Å². The summed E-state index contributed by atoms with van der Waals surface area (Å²) in [5.41, 5.74) is 0. The summed E-state index contributed by atoms with van der Waals surface area (Å²) in [4.78, 5) is 72.9. The van der Waals surface area contributed by atoms with E-state index in [-0.39, 0.29) is 25.7 Å². The summed E-state index contributed by atoms with van der Waals surface area (Å²) < 4.78 is 68.6. The standard InChI is InChI=1S/C79H154O17P2/c1-9-72(8)58-50-42-33-27-23-24-30-36-46-54-62-79(84)96-75(66-90-77(82)60-52-44-38-37-41-49-57-71(6)7)68-94-98(87,88)92-64-73(80)63-91-97(85,86)93-67-74(65-89-76(81)59-51-43-34-28-21-17-14-13-16-20-26-32-40-48-56-70(4)5)95-78(83)61-53-45-35-29-22-18-12-10-11-15-19-25-31-39-47-55-69(2)3/h69-75,80H,9-68H2,1-8H3,(H,85,86)(H,87,88)/t72?,73-,74-,75-/m1/s1. The maximum Gasteiger partial charge on any atom is 0.472 e. The van der Waals surface area contributed by atoms with Crippen molar-refractivity contribution in [2.24, 2.45) is 23.7 Å². The molecule has 0 aromatic heterocycles.